The third kappa shape index (κ3) is 2.62. The highest BCUT2D eigenvalue weighted by atomic mass is 32.1. The Bertz CT molecular complexity index is 742. The number of fused-ring (bicyclic) bond motifs is 1. The summed E-state index contributed by atoms with van der Waals surface area (Å²) >= 11 is 1.53. The SMILES string of the molecule is CCOc1ccc2nc(Nc3cncc(N)n3)sc2c1. The monoisotopic (exact) mass is 287 g/mol. The summed E-state index contributed by atoms with van der Waals surface area (Å²) in [6.07, 6.45) is 3.10. The van der Waals surface area contributed by atoms with Gasteiger partial charge in [-0.3, -0.25) is 4.98 Å². The minimum atomic E-state index is 0.370. The maximum absolute atomic E-state index is 5.59. The number of aromatic nitrogens is 3. The summed E-state index contributed by atoms with van der Waals surface area (Å²) in [6, 6.07) is 5.83. The molecule has 0 aliphatic rings. The van der Waals surface area contributed by atoms with Crippen molar-refractivity contribution in [2.45, 2.75) is 6.92 Å². The van der Waals surface area contributed by atoms with Crippen molar-refractivity contribution in [1.29, 1.82) is 0 Å². The molecule has 0 atom stereocenters. The predicted octanol–water partition coefficient (Wildman–Crippen LogP) is 2.81. The molecule has 2 heterocycles. The van der Waals surface area contributed by atoms with Gasteiger partial charge in [0, 0.05) is 0 Å². The molecule has 0 aliphatic heterocycles. The number of benzene rings is 1. The second-order valence-electron chi connectivity index (χ2n) is 4.04. The van der Waals surface area contributed by atoms with E-state index in [4.69, 9.17) is 10.5 Å². The molecule has 0 spiro atoms. The lowest BCUT2D eigenvalue weighted by Crippen LogP contribution is -1.97. The summed E-state index contributed by atoms with van der Waals surface area (Å²) < 4.78 is 6.53. The van der Waals surface area contributed by atoms with Crippen LogP contribution in [0.5, 0.6) is 5.75 Å². The fourth-order valence-electron chi connectivity index (χ4n) is 1.77. The molecule has 7 heteroatoms. The number of anilines is 3. The van der Waals surface area contributed by atoms with Gasteiger partial charge < -0.3 is 15.8 Å². The molecule has 3 rings (SSSR count). The second-order valence-corrected chi connectivity index (χ2v) is 5.07. The van der Waals surface area contributed by atoms with E-state index in [2.05, 4.69) is 20.3 Å². The molecule has 0 saturated heterocycles. The first kappa shape index (κ1) is 12.6. The van der Waals surface area contributed by atoms with Crippen LogP contribution in [0.15, 0.2) is 30.6 Å². The Morgan fingerprint density at radius 1 is 1.30 bits per heavy atom. The van der Waals surface area contributed by atoms with Crippen molar-refractivity contribution in [1.82, 2.24) is 15.0 Å². The average molecular weight is 287 g/mol. The molecule has 2 aromatic heterocycles. The first-order valence-corrected chi connectivity index (χ1v) is 6.94. The first-order chi connectivity index (χ1) is 9.74. The third-order valence-electron chi connectivity index (χ3n) is 2.56. The van der Waals surface area contributed by atoms with Crippen molar-refractivity contribution in [3.8, 4) is 5.75 Å². The smallest absolute Gasteiger partial charge is 0.189 e. The summed E-state index contributed by atoms with van der Waals surface area (Å²) in [5.74, 6) is 1.79. The zero-order chi connectivity index (χ0) is 13.9. The molecule has 6 nitrogen and oxygen atoms in total. The fourth-order valence-corrected chi connectivity index (χ4v) is 2.67. The molecule has 3 aromatic rings. The largest absolute Gasteiger partial charge is 0.494 e. The molecule has 1 aromatic carbocycles. The standard InChI is InChI=1S/C13H13N5OS/c1-2-19-8-3-4-9-10(5-8)20-13(16-9)18-12-7-15-6-11(14)17-12/h3-7H,2H2,1H3,(H3,14,16,17,18). The maximum Gasteiger partial charge on any atom is 0.189 e. The average Bonchev–Trinajstić information content (AvgIpc) is 2.80. The van der Waals surface area contributed by atoms with E-state index in [0.717, 1.165) is 21.1 Å². The van der Waals surface area contributed by atoms with Crippen LogP contribution in [0.4, 0.5) is 16.8 Å². The van der Waals surface area contributed by atoms with Gasteiger partial charge in [0.05, 0.1) is 29.2 Å². The molecule has 0 unspecified atom stereocenters. The predicted molar refractivity (Wildman–Crippen MR) is 80.5 cm³/mol. The summed E-state index contributed by atoms with van der Waals surface area (Å²) in [4.78, 5) is 12.6. The Labute approximate surface area is 119 Å². The van der Waals surface area contributed by atoms with Crippen LogP contribution < -0.4 is 15.8 Å². The zero-order valence-corrected chi connectivity index (χ0v) is 11.6. The summed E-state index contributed by atoms with van der Waals surface area (Å²) in [5, 5.41) is 3.84. The molecule has 0 saturated carbocycles. The molecule has 0 radical (unpaired) electrons. The van der Waals surface area contributed by atoms with Gasteiger partial charge in [0.1, 0.15) is 11.6 Å². The molecular formula is C13H13N5OS. The van der Waals surface area contributed by atoms with Gasteiger partial charge in [0.15, 0.2) is 10.9 Å². The van der Waals surface area contributed by atoms with Gasteiger partial charge in [-0.1, -0.05) is 11.3 Å². The number of nitrogens with one attached hydrogen (secondary N) is 1. The minimum Gasteiger partial charge on any atom is -0.494 e. The second kappa shape index (κ2) is 5.30. The van der Waals surface area contributed by atoms with E-state index in [1.54, 1.807) is 6.20 Å². The summed E-state index contributed by atoms with van der Waals surface area (Å²) in [5.41, 5.74) is 6.51. The lowest BCUT2D eigenvalue weighted by atomic mass is 10.3. The van der Waals surface area contributed by atoms with Crippen molar-refractivity contribution in [3.63, 3.8) is 0 Å². The van der Waals surface area contributed by atoms with Crippen LogP contribution in [0.25, 0.3) is 10.2 Å². The Balaban J connectivity index is 1.89. The Morgan fingerprint density at radius 3 is 3.00 bits per heavy atom. The number of ether oxygens (including phenoxy) is 1. The lowest BCUT2D eigenvalue weighted by Gasteiger charge is -2.00. The molecule has 0 fully saturated rings. The van der Waals surface area contributed by atoms with Crippen molar-refractivity contribution in [2.75, 3.05) is 17.7 Å². The molecule has 0 bridgehead atoms. The van der Waals surface area contributed by atoms with Crippen LogP contribution in [0.3, 0.4) is 0 Å². The highest BCUT2D eigenvalue weighted by Crippen LogP contribution is 2.30. The van der Waals surface area contributed by atoms with E-state index >= 15 is 0 Å². The molecular weight excluding hydrogens is 274 g/mol. The van der Waals surface area contributed by atoms with Crippen LogP contribution in [0.2, 0.25) is 0 Å². The van der Waals surface area contributed by atoms with Gasteiger partial charge >= 0.3 is 0 Å². The van der Waals surface area contributed by atoms with E-state index in [1.807, 2.05) is 25.1 Å². The number of rotatable bonds is 4. The number of nitrogens with zero attached hydrogens (tertiary/aromatic N) is 3. The number of hydrogen-bond donors (Lipinski definition) is 2. The van der Waals surface area contributed by atoms with Crippen molar-refractivity contribution < 1.29 is 4.74 Å². The van der Waals surface area contributed by atoms with Crippen LogP contribution in [-0.4, -0.2) is 21.6 Å². The zero-order valence-electron chi connectivity index (χ0n) is 10.8. The number of thiazole rings is 1. The van der Waals surface area contributed by atoms with Gasteiger partial charge in [-0.2, -0.15) is 0 Å². The molecule has 102 valence electrons. The summed E-state index contributed by atoms with van der Waals surface area (Å²) in [6.45, 7) is 2.61. The van der Waals surface area contributed by atoms with E-state index in [1.165, 1.54) is 17.5 Å². The summed E-state index contributed by atoms with van der Waals surface area (Å²) in [7, 11) is 0. The van der Waals surface area contributed by atoms with Crippen LogP contribution in [0.1, 0.15) is 6.92 Å². The quantitative estimate of drug-likeness (QED) is 0.767. The number of nitrogen functional groups attached to an aromatic ring is 1. The first-order valence-electron chi connectivity index (χ1n) is 6.12. The Morgan fingerprint density at radius 2 is 2.20 bits per heavy atom. The topological polar surface area (TPSA) is 86.0 Å². The van der Waals surface area contributed by atoms with Gasteiger partial charge in [0.25, 0.3) is 0 Å². The van der Waals surface area contributed by atoms with Gasteiger partial charge in [-0.15, -0.1) is 0 Å². The maximum atomic E-state index is 5.59. The van der Waals surface area contributed by atoms with E-state index in [-0.39, 0.29) is 0 Å². The molecule has 20 heavy (non-hydrogen) atoms. The normalized spacial score (nSPS) is 10.7. The van der Waals surface area contributed by atoms with Crippen molar-refractivity contribution in [2.24, 2.45) is 0 Å². The van der Waals surface area contributed by atoms with Crippen LogP contribution in [0, 0.1) is 0 Å². The van der Waals surface area contributed by atoms with Crippen LogP contribution >= 0.6 is 11.3 Å². The van der Waals surface area contributed by atoms with Crippen molar-refractivity contribution >= 4 is 38.3 Å². The Kier molecular flexibility index (Phi) is 3.34. The third-order valence-corrected chi connectivity index (χ3v) is 3.49. The van der Waals surface area contributed by atoms with Gasteiger partial charge in [0.2, 0.25) is 0 Å². The van der Waals surface area contributed by atoms with E-state index in [9.17, 15) is 0 Å². The minimum absolute atomic E-state index is 0.370. The van der Waals surface area contributed by atoms with Crippen LogP contribution in [-0.2, 0) is 0 Å². The molecule has 0 aliphatic carbocycles. The molecule has 0 amide bonds. The van der Waals surface area contributed by atoms with Crippen molar-refractivity contribution in [3.05, 3.63) is 30.6 Å². The molecule has 3 N–H and O–H groups in total. The lowest BCUT2D eigenvalue weighted by molar-refractivity contribution is 0.341. The highest BCUT2D eigenvalue weighted by Gasteiger charge is 2.06. The van der Waals surface area contributed by atoms with Gasteiger partial charge in [-0.05, 0) is 25.1 Å². The number of nitrogens with two attached hydrogens (primary N) is 1. The Hall–Kier alpha value is -2.41. The number of hydrogen-bond acceptors (Lipinski definition) is 7. The van der Waals surface area contributed by atoms with Gasteiger partial charge in [-0.25, -0.2) is 9.97 Å². The fraction of sp³-hybridized carbons (Fsp3) is 0.154. The van der Waals surface area contributed by atoms with E-state index in [0.29, 0.717) is 18.2 Å². The highest BCUT2D eigenvalue weighted by molar-refractivity contribution is 7.22. The van der Waals surface area contributed by atoms with E-state index < -0.39 is 0 Å².